The van der Waals surface area contributed by atoms with Crippen LogP contribution < -0.4 is 0 Å². The quantitative estimate of drug-likeness (QED) is 0.464. The van der Waals surface area contributed by atoms with Gasteiger partial charge < -0.3 is 4.74 Å². The van der Waals surface area contributed by atoms with Crippen LogP contribution in [-0.2, 0) is 25.9 Å². The van der Waals surface area contributed by atoms with E-state index in [0.717, 1.165) is 6.26 Å². The van der Waals surface area contributed by atoms with Crippen LogP contribution in [0.3, 0.4) is 0 Å². The van der Waals surface area contributed by atoms with Crippen LogP contribution >= 0.6 is 11.6 Å². The number of hydrogen-bond acceptors (Lipinski definition) is 5. The van der Waals surface area contributed by atoms with Crippen molar-refractivity contribution >= 4 is 44.4 Å². The SMILES string of the molecule is COC(=O)C=Cc1nn(Cc2ccc(Cl)cc2F)c2cc(S(C)(=O)=O)ccc12. The zero-order valence-electron chi connectivity index (χ0n) is 15.0. The van der Waals surface area contributed by atoms with E-state index in [0.29, 0.717) is 22.2 Å². The number of carbonyl (C=O) groups is 1. The smallest absolute Gasteiger partial charge is 0.330 e. The number of carbonyl (C=O) groups excluding carboxylic acids is 1. The Morgan fingerprint density at radius 3 is 2.68 bits per heavy atom. The molecule has 0 amide bonds. The number of nitrogens with zero attached hydrogens (tertiary/aromatic N) is 2. The van der Waals surface area contributed by atoms with Gasteiger partial charge in [0, 0.05) is 28.3 Å². The lowest BCUT2D eigenvalue weighted by atomic mass is 10.2. The van der Waals surface area contributed by atoms with E-state index in [1.807, 2.05) is 0 Å². The molecule has 0 fully saturated rings. The number of aromatic nitrogens is 2. The normalized spacial score (nSPS) is 12.0. The maximum atomic E-state index is 14.2. The number of fused-ring (bicyclic) bond motifs is 1. The van der Waals surface area contributed by atoms with Crippen LogP contribution in [0.25, 0.3) is 17.0 Å². The summed E-state index contributed by atoms with van der Waals surface area (Å²) in [6.45, 7) is 0.0543. The molecule has 0 spiro atoms. The van der Waals surface area contributed by atoms with E-state index in [9.17, 15) is 17.6 Å². The molecule has 0 atom stereocenters. The Kier molecular flexibility index (Phi) is 5.53. The predicted molar refractivity (Wildman–Crippen MR) is 104 cm³/mol. The Bertz CT molecular complexity index is 1200. The second kappa shape index (κ2) is 7.73. The number of ether oxygens (including phenoxy) is 1. The molecule has 0 saturated carbocycles. The maximum absolute atomic E-state index is 14.2. The summed E-state index contributed by atoms with van der Waals surface area (Å²) in [5.41, 5.74) is 1.25. The molecule has 0 aliphatic rings. The Hall–Kier alpha value is -2.71. The van der Waals surface area contributed by atoms with E-state index in [-0.39, 0.29) is 16.5 Å². The molecule has 28 heavy (non-hydrogen) atoms. The van der Waals surface area contributed by atoms with Gasteiger partial charge in [0.15, 0.2) is 9.84 Å². The third-order valence-electron chi connectivity index (χ3n) is 4.09. The average Bonchev–Trinajstić information content (AvgIpc) is 2.98. The summed E-state index contributed by atoms with van der Waals surface area (Å²) in [5, 5.41) is 5.29. The van der Waals surface area contributed by atoms with Gasteiger partial charge >= 0.3 is 5.97 Å². The largest absolute Gasteiger partial charge is 0.466 e. The highest BCUT2D eigenvalue weighted by Gasteiger charge is 2.15. The minimum atomic E-state index is -3.44. The van der Waals surface area contributed by atoms with Crippen molar-refractivity contribution in [3.05, 3.63) is 64.6 Å². The number of sulfone groups is 1. The highest BCUT2D eigenvalue weighted by molar-refractivity contribution is 7.90. The Labute approximate surface area is 166 Å². The number of methoxy groups -OCH3 is 1. The van der Waals surface area contributed by atoms with Gasteiger partial charge in [-0.15, -0.1) is 0 Å². The van der Waals surface area contributed by atoms with Gasteiger partial charge in [0.1, 0.15) is 5.82 Å². The third-order valence-corrected chi connectivity index (χ3v) is 5.44. The third kappa shape index (κ3) is 4.23. The van der Waals surface area contributed by atoms with Gasteiger partial charge in [0.2, 0.25) is 0 Å². The standard InChI is InChI=1S/C19H16ClFN2O4S/c1-27-19(24)8-7-17-15-6-5-14(28(2,25)26)10-18(15)23(22-17)11-12-3-4-13(20)9-16(12)21/h3-10H,11H2,1-2H3. The predicted octanol–water partition coefficient (Wildman–Crippen LogP) is 3.47. The number of benzene rings is 2. The second-order valence-corrected chi connectivity index (χ2v) is 8.54. The Morgan fingerprint density at radius 2 is 2.04 bits per heavy atom. The maximum Gasteiger partial charge on any atom is 0.330 e. The summed E-state index contributed by atoms with van der Waals surface area (Å²) in [4.78, 5) is 11.5. The Morgan fingerprint density at radius 1 is 1.29 bits per heavy atom. The first-order valence-corrected chi connectivity index (χ1v) is 10.4. The zero-order chi connectivity index (χ0) is 20.5. The second-order valence-electron chi connectivity index (χ2n) is 6.09. The first-order chi connectivity index (χ1) is 13.2. The van der Waals surface area contributed by atoms with Crippen LogP contribution in [0.1, 0.15) is 11.3 Å². The number of esters is 1. The van der Waals surface area contributed by atoms with E-state index in [1.54, 1.807) is 12.1 Å². The topological polar surface area (TPSA) is 78.3 Å². The zero-order valence-corrected chi connectivity index (χ0v) is 16.6. The lowest BCUT2D eigenvalue weighted by Crippen LogP contribution is -2.05. The highest BCUT2D eigenvalue weighted by atomic mass is 35.5. The molecule has 0 unspecified atom stereocenters. The molecule has 0 aliphatic heterocycles. The van der Waals surface area contributed by atoms with Crippen molar-refractivity contribution in [3.63, 3.8) is 0 Å². The van der Waals surface area contributed by atoms with Gasteiger partial charge in [-0.05, 0) is 36.4 Å². The summed E-state index contributed by atoms with van der Waals surface area (Å²) >= 11 is 5.79. The van der Waals surface area contributed by atoms with Crippen LogP contribution in [-0.4, -0.2) is 37.5 Å². The van der Waals surface area contributed by atoms with Crippen molar-refractivity contribution in [2.45, 2.75) is 11.4 Å². The van der Waals surface area contributed by atoms with Crippen molar-refractivity contribution in [2.75, 3.05) is 13.4 Å². The van der Waals surface area contributed by atoms with Crippen LogP contribution in [0.5, 0.6) is 0 Å². The molecule has 2 aromatic carbocycles. The molecule has 6 nitrogen and oxygen atoms in total. The van der Waals surface area contributed by atoms with E-state index in [4.69, 9.17) is 11.6 Å². The molecule has 0 bridgehead atoms. The molecule has 1 aromatic heterocycles. The van der Waals surface area contributed by atoms with E-state index >= 15 is 0 Å². The summed E-state index contributed by atoms with van der Waals surface area (Å²) < 4.78 is 44.1. The van der Waals surface area contributed by atoms with E-state index < -0.39 is 21.6 Å². The van der Waals surface area contributed by atoms with Gasteiger partial charge in [-0.1, -0.05) is 17.7 Å². The minimum Gasteiger partial charge on any atom is -0.466 e. The Balaban J connectivity index is 2.15. The van der Waals surface area contributed by atoms with Gasteiger partial charge in [0.25, 0.3) is 0 Å². The molecule has 3 rings (SSSR count). The summed E-state index contributed by atoms with van der Waals surface area (Å²) in [7, 11) is -2.19. The summed E-state index contributed by atoms with van der Waals surface area (Å²) in [5.74, 6) is -1.05. The first kappa shape index (κ1) is 20.0. The van der Waals surface area contributed by atoms with Gasteiger partial charge in [0.05, 0.1) is 29.8 Å². The molecule has 1 heterocycles. The van der Waals surface area contributed by atoms with Crippen molar-refractivity contribution in [3.8, 4) is 0 Å². The fraction of sp³-hybridized carbons (Fsp3) is 0.158. The lowest BCUT2D eigenvalue weighted by molar-refractivity contribution is -0.134. The molecule has 146 valence electrons. The fourth-order valence-electron chi connectivity index (χ4n) is 2.68. The van der Waals surface area contributed by atoms with Crippen molar-refractivity contribution < 1.29 is 22.3 Å². The number of hydrogen-bond donors (Lipinski definition) is 0. The lowest BCUT2D eigenvalue weighted by Gasteiger charge is -2.06. The number of rotatable bonds is 5. The summed E-state index contributed by atoms with van der Waals surface area (Å²) in [6.07, 6.45) is 3.77. The monoisotopic (exact) mass is 422 g/mol. The van der Waals surface area contributed by atoms with Crippen LogP contribution in [0.15, 0.2) is 47.4 Å². The summed E-state index contributed by atoms with van der Waals surface area (Å²) in [6, 6.07) is 8.83. The van der Waals surface area contributed by atoms with Crippen LogP contribution in [0.4, 0.5) is 4.39 Å². The molecular weight excluding hydrogens is 407 g/mol. The minimum absolute atomic E-state index is 0.0543. The van der Waals surface area contributed by atoms with Crippen molar-refractivity contribution in [1.82, 2.24) is 9.78 Å². The van der Waals surface area contributed by atoms with E-state index in [1.165, 1.54) is 48.2 Å². The number of halogens is 2. The molecule has 0 saturated heterocycles. The molecule has 9 heteroatoms. The van der Waals surface area contributed by atoms with Gasteiger partial charge in [-0.2, -0.15) is 5.10 Å². The highest BCUT2D eigenvalue weighted by Crippen LogP contribution is 2.25. The van der Waals surface area contributed by atoms with Crippen molar-refractivity contribution in [2.24, 2.45) is 0 Å². The molecule has 3 aromatic rings. The average molecular weight is 423 g/mol. The van der Waals surface area contributed by atoms with Gasteiger partial charge in [-0.3, -0.25) is 4.68 Å². The van der Waals surface area contributed by atoms with Crippen LogP contribution in [0.2, 0.25) is 5.02 Å². The molecule has 0 aliphatic carbocycles. The van der Waals surface area contributed by atoms with Crippen molar-refractivity contribution in [1.29, 1.82) is 0 Å². The first-order valence-electron chi connectivity index (χ1n) is 8.09. The fourth-order valence-corrected chi connectivity index (χ4v) is 3.48. The molecule has 0 radical (unpaired) electrons. The van der Waals surface area contributed by atoms with Crippen LogP contribution in [0, 0.1) is 5.82 Å². The molecule has 0 N–H and O–H groups in total. The molecular formula is C19H16ClFN2O4S. The van der Waals surface area contributed by atoms with Gasteiger partial charge in [-0.25, -0.2) is 17.6 Å². The van der Waals surface area contributed by atoms with E-state index in [2.05, 4.69) is 9.84 Å².